The number of amides is 1. The molecule has 2 N–H and O–H groups in total. The number of aryl methyl sites for hydroxylation is 1. The lowest BCUT2D eigenvalue weighted by atomic mass is 10.1. The van der Waals surface area contributed by atoms with Crippen molar-refractivity contribution in [2.75, 3.05) is 5.32 Å². The summed E-state index contributed by atoms with van der Waals surface area (Å²) in [7, 11) is 0. The number of anilines is 1. The molecule has 0 aliphatic heterocycles. The summed E-state index contributed by atoms with van der Waals surface area (Å²) < 4.78 is 5.35. The summed E-state index contributed by atoms with van der Waals surface area (Å²) >= 11 is 0. The van der Waals surface area contributed by atoms with Gasteiger partial charge in [-0.25, -0.2) is 5.43 Å². The molecule has 122 valence electrons. The molecule has 0 saturated carbocycles. The Hall–Kier alpha value is -3.08. The first-order valence-corrected chi connectivity index (χ1v) is 7.76. The molecule has 5 heteroatoms. The summed E-state index contributed by atoms with van der Waals surface area (Å²) in [6.07, 6.45) is 1.48. The summed E-state index contributed by atoms with van der Waals surface area (Å²) in [5, 5.41) is 9.38. The van der Waals surface area contributed by atoms with Crippen LogP contribution < -0.4 is 10.7 Å². The van der Waals surface area contributed by atoms with E-state index in [9.17, 15) is 4.79 Å². The lowest BCUT2D eigenvalue weighted by Gasteiger charge is -2.14. The van der Waals surface area contributed by atoms with Crippen LogP contribution in [0.4, 0.5) is 5.69 Å². The minimum absolute atomic E-state index is 0.220. The van der Waals surface area contributed by atoms with Gasteiger partial charge in [-0.15, -0.1) is 0 Å². The van der Waals surface area contributed by atoms with Gasteiger partial charge in [0.2, 0.25) is 0 Å². The van der Waals surface area contributed by atoms with E-state index in [0.29, 0.717) is 5.76 Å². The Balaban J connectivity index is 1.59. The molecule has 2 aromatic carbocycles. The molecule has 0 aliphatic rings. The van der Waals surface area contributed by atoms with E-state index in [1.807, 2.05) is 49.4 Å². The Bertz CT molecular complexity index is 883. The molecular weight excluding hydrogens is 302 g/mol. The van der Waals surface area contributed by atoms with Crippen LogP contribution >= 0.6 is 0 Å². The summed E-state index contributed by atoms with van der Waals surface area (Å²) in [4.78, 5) is 12.1. The lowest BCUT2D eigenvalue weighted by molar-refractivity contribution is -0.121. The topological polar surface area (TPSA) is 66.6 Å². The smallest absolute Gasteiger partial charge is 0.262 e. The number of carbonyl (C=O) groups is 1. The maximum absolute atomic E-state index is 12.1. The predicted molar refractivity (Wildman–Crippen MR) is 96.2 cm³/mol. The van der Waals surface area contributed by atoms with Gasteiger partial charge < -0.3 is 9.73 Å². The van der Waals surface area contributed by atoms with Gasteiger partial charge in [-0.3, -0.25) is 4.79 Å². The van der Waals surface area contributed by atoms with Crippen molar-refractivity contribution in [3.8, 4) is 0 Å². The van der Waals surface area contributed by atoms with Gasteiger partial charge in [-0.1, -0.05) is 30.3 Å². The molecule has 0 aliphatic carbocycles. The van der Waals surface area contributed by atoms with E-state index < -0.39 is 6.04 Å². The van der Waals surface area contributed by atoms with Gasteiger partial charge in [0.15, 0.2) is 0 Å². The SMILES string of the molecule is Cc1ccc(/C=N\NC(=O)[C@H](C)Nc2ccc3ccccc3c2)o1. The van der Waals surface area contributed by atoms with Crippen LogP contribution in [-0.4, -0.2) is 18.2 Å². The molecular formula is C19H19N3O2. The molecule has 1 heterocycles. The van der Waals surface area contributed by atoms with Crippen molar-refractivity contribution in [1.29, 1.82) is 0 Å². The van der Waals surface area contributed by atoms with Crippen molar-refractivity contribution in [1.82, 2.24) is 5.43 Å². The monoisotopic (exact) mass is 321 g/mol. The molecule has 0 bridgehead atoms. The standard InChI is InChI=1S/C19H19N3O2/c1-13-7-10-18(24-13)12-20-22-19(23)14(2)21-17-9-8-15-5-3-4-6-16(15)11-17/h3-12,14,21H,1-2H3,(H,22,23)/b20-12-/t14-/m0/s1. The molecule has 1 aromatic heterocycles. The van der Waals surface area contributed by atoms with E-state index in [-0.39, 0.29) is 5.91 Å². The van der Waals surface area contributed by atoms with Gasteiger partial charge in [0, 0.05) is 5.69 Å². The molecule has 3 rings (SSSR count). The average molecular weight is 321 g/mol. The minimum Gasteiger partial charge on any atom is -0.460 e. The van der Waals surface area contributed by atoms with Crippen LogP contribution in [0.15, 0.2) is 64.1 Å². The Morgan fingerprint density at radius 3 is 2.67 bits per heavy atom. The van der Waals surface area contributed by atoms with Gasteiger partial charge in [-0.05, 0) is 48.9 Å². The zero-order valence-corrected chi connectivity index (χ0v) is 13.6. The average Bonchev–Trinajstić information content (AvgIpc) is 3.00. The van der Waals surface area contributed by atoms with Crippen LogP contribution in [0, 0.1) is 6.92 Å². The Morgan fingerprint density at radius 1 is 1.12 bits per heavy atom. The van der Waals surface area contributed by atoms with Crippen molar-refractivity contribution >= 4 is 28.6 Å². The van der Waals surface area contributed by atoms with Gasteiger partial charge >= 0.3 is 0 Å². The molecule has 0 unspecified atom stereocenters. The van der Waals surface area contributed by atoms with Crippen molar-refractivity contribution < 1.29 is 9.21 Å². The number of hydrogen-bond donors (Lipinski definition) is 2. The Morgan fingerprint density at radius 2 is 1.92 bits per heavy atom. The number of hydrogen-bond acceptors (Lipinski definition) is 4. The largest absolute Gasteiger partial charge is 0.460 e. The Kier molecular flexibility index (Phi) is 4.61. The fourth-order valence-corrected chi connectivity index (χ4v) is 2.37. The predicted octanol–water partition coefficient (Wildman–Crippen LogP) is 3.69. The number of nitrogens with zero attached hydrogens (tertiary/aromatic N) is 1. The molecule has 3 aromatic rings. The van der Waals surface area contributed by atoms with E-state index in [0.717, 1.165) is 16.8 Å². The number of fused-ring (bicyclic) bond motifs is 1. The Labute approximate surface area is 140 Å². The molecule has 0 spiro atoms. The maximum atomic E-state index is 12.1. The number of carbonyl (C=O) groups excluding carboxylic acids is 1. The second-order valence-corrected chi connectivity index (χ2v) is 5.61. The van der Waals surface area contributed by atoms with Gasteiger partial charge in [0.25, 0.3) is 5.91 Å². The molecule has 5 nitrogen and oxygen atoms in total. The highest BCUT2D eigenvalue weighted by Crippen LogP contribution is 2.19. The first-order valence-electron chi connectivity index (χ1n) is 7.76. The first-order chi connectivity index (χ1) is 11.6. The highest BCUT2D eigenvalue weighted by molar-refractivity contribution is 5.88. The summed E-state index contributed by atoms with van der Waals surface area (Å²) in [6.45, 7) is 3.64. The first kappa shape index (κ1) is 15.8. The van der Waals surface area contributed by atoms with E-state index in [2.05, 4.69) is 21.9 Å². The van der Waals surface area contributed by atoms with Crippen LogP contribution in [0.3, 0.4) is 0 Å². The summed E-state index contributed by atoms with van der Waals surface area (Å²) in [5.74, 6) is 1.18. The molecule has 1 amide bonds. The van der Waals surface area contributed by atoms with Crippen LogP contribution in [0.1, 0.15) is 18.4 Å². The van der Waals surface area contributed by atoms with Crippen molar-refractivity contribution in [2.24, 2.45) is 5.10 Å². The van der Waals surface area contributed by atoms with Gasteiger partial charge in [0.05, 0.1) is 6.21 Å². The third kappa shape index (κ3) is 3.81. The van der Waals surface area contributed by atoms with Crippen LogP contribution in [-0.2, 0) is 4.79 Å². The summed E-state index contributed by atoms with van der Waals surface area (Å²) in [6, 6.07) is 17.3. The number of benzene rings is 2. The van der Waals surface area contributed by atoms with Crippen molar-refractivity contribution in [3.05, 3.63) is 66.1 Å². The fraction of sp³-hybridized carbons (Fsp3) is 0.158. The van der Waals surface area contributed by atoms with E-state index in [1.54, 1.807) is 13.0 Å². The number of nitrogens with one attached hydrogen (secondary N) is 2. The van der Waals surface area contributed by atoms with Gasteiger partial charge in [0.1, 0.15) is 17.6 Å². The van der Waals surface area contributed by atoms with E-state index >= 15 is 0 Å². The van der Waals surface area contributed by atoms with Crippen LogP contribution in [0.2, 0.25) is 0 Å². The van der Waals surface area contributed by atoms with Crippen molar-refractivity contribution in [3.63, 3.8) is 0 Å². The number of furan rings is 1. The molecule has 0 radical (unpaired) electrons. The maximum Gasteiger partial charge on any atom is 0.262 e. The molecule has 1 atom stereocenters. The third-order valence-electron chi connectivity index (χ3n) is 3.65. The molecule has 24 heavy (non-hydrogen) atoms. The quantitative estimate of drug-likeness (QED) is 0.556. The van der Waals surface area contributed by atoms with Crippen LogP contribution in [0.5, 0.6) is 0 Å². The number of rotatable bonds is 5. The lowest BCUT2D eigenvalue weighted by Crippen LogP contribution is -2.34. The van der Waals surface area contributed by atoms with Gasteiger partial charge in [-0.2, -0.15) is 5.10 Å². The second kappa shape index (κ2) is 7.00. The zero-order valence-electron chi connectivity index (χ0n) is 13.6. The zero-order chi connectivity index (χ0) is 16.9. The second-order valence-electron chi connectivity index (χ2n) is 5.61. The minimum atomic E-state index is -0.415. The molecule has 0 fully saturated rings. The number of hydrazone groups is 1. The van der Waals surface area contributed by atoms with E-state index in [4.69, 9.17) is 4.42 Å². The van der Waals surface area contributed by atoms with Crippen LogP contribution in [0.25, 0.3) is 10.8 Å². The summed E-state index contributed by atoms with van der Waals surface area (Å²) in [5.41, 5.74) is 3.40. The normalized spacial score (nSPS) is 12.4. The highest BCUT2D eigenvalue weighted by Gasteiger charge is 2.11. The molecule has 0 saturated heterocycles. The third-order valence-corrected chi connectivity index (χ3v) is 3.65. The highest BCUT2D eigenvalue weighted by atomic mass is 16.3. The van der Waals surface area contributed by atoms with E-state index in [1.165, 1.54) is 11.6 Å². The van der Waals surface area contributed by atoms with Crippen molar-refractivity contribution in [2.45, 2.75) is 19.9 Å². The fourth-order valence-electron chi connectivity index (χ4n) is 2.37.